The molecule has 0 N–H and O–H groups in total. The molecule has 0 spiro atoms. The quantitative estimate of drug-likeness (QED) is 0.578. The third-order valence-corrected chi connectivity index (χ3v) is 2.88. The summed E-state index contributed by atoms with van der Waals surface area (Å²) in [4.78, 5) is 11.3. The Morgan fingerprint density at radius 2 is 2.25 bits per heavy atom. The second-order valence-corrected chi connectivity index (χ2v) is 4.00. The monoisotopic (exact) mass is 220 g/mol. The van der Waals surface area contributed by atoms with Gasteiger partial charge in [-0.1, -0.05) is 13.0 Å². The van der Waals surface area contributed by atoms with Crippen molar-refractivity contribution in [3.8, 4) is 0 Å². The number of carbonyl (C=O) groups is 1. The molecule has 16 heavy (non-hydrogen) atoms. The first-order valence-corrected chi connectivity index (χ1v) is 5.60. The van der Waals surface area contributed by atoms with Crippen LogP contribution in [0.3, 0.4) is 0 Å². The highest BCUT2D eigenvalue weighted by atomic mass is 16.5. The summed E-state index contributed by atoms with van der Waals surface area (Å²) in [5.74, 6) is -0.209. The Kier molecular flexibility index (Phi) is 3.25. The molecule has 0 unspecified atom stereocenters. The molecule has 0 saturated heterocycles. The summed E-state index contributed by atoms with van der Waals surface area (Å²) >= 11 is 0. The van der Waals surface area contributed by atoms with E-state index in [0.29, 0.717) is 18.8 Å². The smallest absolute Gasteiger partial charge is 0.338 e. The zero-order valence-corrected chi connectivity index (χ0v) is 9.71. The van der Waals surface area contributed by atoms with Crippen LogP contribution in [0.5, 0.6) is 0 Å². The maximum absolute atomic E-state index is 11.3. The number of hydrogen-bond donors (Lipinski definition) is 0. The van der Waals surface area contributed by atoms with E-state index in [0.717, 1.165) is 29.7 Å². The average molecular weight is 220 g/mol. The number of carbonyl (C=O) groups excluding carboxylic acids is 1. The van der Waals surface area contributed by atoms with E-state index in [1.54, 1.807) is 0 Å². The van der Waals surface area contributed by atoms with Crippen molar-refractivity contribution >= 4 is 5.97 Å². The van der Waals surface area contributed by atoms with Crippen LogP contribution in [-0.4, -0.2) is 12.6 Å². The lowest BCUT2D eigenvalue weighted by Crippen LogP contribution is -2.00. The van der Waals surface area contributed by atoms with E-state index in [4.69, 9.17) is 9.47 Å². The maximum Gasteiger partial charge on any atom is 0.338 e. The van der Waals surface area contributed by atoms with Gasteiger partial charge in [0.05, 0.1) is 12.2 Å². The van der Waals surface area contributed by atoms with E-state index >= 15 is 0 Å². The van der Waals surface area contributed by atoms with Crippen LogP contribution in [0.25, 0.3) is 0 Å². The molecule has 0 bridgehead atoms. The van der Waals surface area contributed by atoms with Crippen LogP contribution in [0.1, 0.15) is 40.4 Å². The Bertz CT molecular complexity index is 410. The van der Waals surface area contributed by atoms with Gasteiger partial charge in [0.15, 0.2) is 0 Å². The highest BCUT2D eigenvalue weighted by molar-refractivity contribution is 5.93. The van der Waals surface area contributed by atoms with Crippen molar-refractivity contribution in [2.45, 2.75) is 33.5 Å². The predicted molar refractivity (Wildman–Crippen MR) is 60.2 cm³/mol. The number of benzene rings is 1. The van der Waals surface area contributed by atoms with Gasteiger partial charge in [-0.3, -0.25) is 0 Å². The van der Waals surface area contributed by atoms with Crippen LogP contribution in [0.15, 0.2) is 12.1 Å². The summed E-state index contributed by atoms with van der Waals surface area (Å²) in [6.07, 6.45) is 1.02. The zero-order chi connectivity index (χ0) is 11.5. The number of esters is 1. The molecule has 1 aromatic carbocycles. The molecule has 1 heterocycles. The molecule has 0 aliphatic carbocycles. The molecule has 2 rings (SSSR count). The van der Waals surface area contributed by atoms with E-state index in [2.05, 4.69) is 6.92 Å². The molecule has 0 radical (unpaired) electrons. The third-order valence-electron chi connectivity index (χ3n) is 2.88. The van der Waals surface area contributed by atoms with Gasteiger partial charge in [0.1, 0.15) is 6.61 Å². The number of ether oxygens (including phenoxy) is 2. The Labute approximate surface area is 95.4 Å². The van der Waals surface area contributed by atoms with Crippen molar-refractivity contribution in [1.29, 1.82) is 0 Å². The fourth-order valence-corrected chi connectivity index (χ4v) is 1.88. The number of fused-ring (bicyclic) bond motifs is 1. The topological polar surface area (TPSA) is 35.5 Å². The molecular formula is C13H16O3. The first-order valence-electron chi connectivity index (χ1n) is 5.60. The molecule has 0 amide bonds. The highest BCUT2D eigenvalue weighted by Crippen LogP contribution is 2.26. The normalized spacial score (nSPS) is 13.8. The fourth-order valence-electron chi connectivity index (χ4n) is 1.88. The lowest BCUT2D eigenvalue weighted by molar-refractivity contribution is 0.0535. The SMILES string of the molecule is CCCOCc1ccc2c(c1C)COC2=O. The lowest BCUT2D eigenvalue weighted by Gasteiger charge is -2.09. The second kappa shape index (κ2) is 4.66. The first-order chi connectivity index (χ1) is 7.74. The molecule has 1 aromatic rings. The molecule has 86 valence electrons. The largest absolute Gasteiger partial charge is 0.457 e. The van der Waals surface area contributed by atoms with Crippen LogP contribution in [0.2, 0.25) is 0 Å². The number of hydrogen-bond acceptors (Lipinski definition) is 3. The van der Waals surface area contributed by atoms with Crippen molar-refractivity contribution in [1.82, 2.24) is 0 Å². The maximum atomic E-state index is 11.3. The van der Waals surface area contributed by atoms with Gasteiger partial charge < -0.3 is 9.47 Å². The number of rotatable bonds is 4. The van der Waals surface area contributed by atoms with Crippen LogP contribution in [0.4, 0.5) is 0 Å². The van der Waals surface area contributed by atoms with Gasteiger partial charge >= 0.3 is 5.97 Å². The molecule has 0 saturated carbocycles. The first kappa shape index (κ1) is 11.1. The van der Waals surface area contributed by atoms with E-state index < -0.39 is 0 Å². The molecule has 0 aromatic heterocycles. The summed E-state index contributed by atoms with van der Waals surface area (Å²) in [6, 6.07) is 3.79. The Hall–Kier alpha value is -1.35. The van der Waals surface area contributed by atoms with E-state index in [1.807, 2.05) is 19.1 Å². The summed E-state index contributed by atoms with van der Waals surface area (Å²) in [7, 11) is 0. The highest BCUT2D eigenvalue weighted by Gasteiger charge is 2.23. The number of cyclic esters (lactones) is 1. The van der Waals surface area contributed by atoms with Crippen molar-refractivity contribution < 1.29 is 14.3 Å². The minimum atomic E-state index is -0.209. The molecule has 3 nitrogen and oxygen atoms in total. The van der Waals surface area contributed by atoms with Crippen molar-refractivity contribution in [3.63, 3.8) is 0 Å². The van der Waals surface area contributed by atoms with Crippen LogP contribution < -0.4 is 0 Å². The van der Waals surface area contributed by atoms with Gasteiger partial charge in [0.25, 0.3) is 0 Å². The van der Waals surface area contributed by atoms with Crippen molar-refractivity contribution in [2.75, 3.05) is 6.61 Å². The van der Waals surface area contributed by atoms with Crippen LogP contribution >= 0.6 is 0 Å². The summed E-state index contributed by atoms with van der Waals surface area (Å²) < 4.78 is 10.5. The van der Waals surface area contributed by atoms with Crippen LogP contribution in [-0.2, 0) is 22.7 Å². The Balaban J connectivity index is 2.19. The van der Waals surface area contributed by atoms with Gasteiger partial charge in [0.2, 0.25) is 0 Å². The summed E-state index contributed by atoms with van der Waals surface area (Å²) in [5.41, 5.74) is 3.99. The van der Waals surface area contributed by atoms with Crippen LogP contribution in [0, 0.1) is 6.92 Å². The lowest BCUT2D eigenvalue weighted by atomic mass is 9.99. The molecular weight excluding hydrogens is 204 g/mol. The predicted octanol–water partition coefficient (Wildman–Crippen LogP) is 2.59. The van der Waals surface area contributed by atoms with Crippen molar-refractivity contribution in [3.05, 3.63) is 34.4 Å². The van der Waals surface area contributed by atoms with Gasteiger partial charge in [-0.2, -0.15) is 0 Å². The Morgan fingerprint density at radius 1 is 1.44 bits per heavy atom. The van der Waals surface area contributed by atoms with E-state index in [1.165, 1.54) is 0 Å². The zero-order valence-electron chi connectivity index (χ0n) is 9.71. The molecule has 1 aliphatic heterocycles. The molecule has 0 fully saturated rings. The minimum Gasteiger partial charge on any atom is -0.457 e. The van der Waals surface area contributed by atoms with E-state index in [9.17, 15) is 4.79 Å². The standard InChI is InChI=1S/C13H16O3/c1-3-6-15-7-10-4-5-11-12(9(10)2)8-16-13(11)14/h4-5H,3,6-8H2,1-2H3. The minimum absolute atomic E-state index is 0.209. The van der Waals surface area contributed by atoms with Gasteiger partial charge in [-0.05, 0) is 30.5 Å². The molecule has 0 atom stereocenters. The van der Waals surface area contributed by atoms with Gasteiger partial charge in [0, 0.05) is 12.2 Å². The molecule has 3 heteroatoms. The van der Waals surface area contributed by atoms with Gasteiger partial charge in [-0.15, -0.1) is 0 Å². The van der Waals surface area contributed by atoms with Crippen molar-refractivity contribution in [2.24, 2.45) is 0 Å². The Morgan fingerprint density at radius 3 is 3.00 bits per heavy atom. The summed E-state index contributed by atoms with van der Waals surface area (Å²) in [5, 5.41) is 0. The molecule has 1 aliphatic rings. The van der Waals surface area contributed by atoms with E-state index in [-0.39, 0.29) is 5.97 Å². The van der Waals surface area contributed by atoms with Gasteiger partial charge in [-0.25, -0.2) is 4.79 Å². The second-order valence-electron chi connectivity index (χ2n) is 4.00. The third kappa shape index (κ3) is 1.95. The average Bonchev–Trinajstić information content (AvgIpc) is 2.65. The fraction of sp³-hybridized carbons (Fsp3) is 0.462. The summed E-state index contributed by atoms with van der Waals surface area (Å²) in [6.45, 7) is 5.89.